The van der Waals surface area contributed by atoms with Crippen molar-refractivity contribution in [1.29, 1.82) is 0 Å². The summed E-state index contributed by atoms with van der Waals surface area (Å²) in [7, 11) is 0. The van der Waals surface area contributed by atoms with Crippen LogP contribution >= 0.6 is 11.8 Å². The molecule has 8 heteroatoms. The summed E-state index contributed by atoms with van der Waals surface area (Å²) >= 11 is 1.92. The number of hydrogen-bond donors (Lipinski definition) is 0. The van der Waals surface area contributed by atoms with Crippen LogP contribution in [0.3, 0.4) is 0 Å². The SMILES string of the molecule is CC(C)(C)c1cc(-c2cc(C(C)(C)C)cc(C(C)(C)C)c2)cc(N(c2cc(C(C)(C)C)cc(C(C)(C)C)c2)c2cc3c4c(c2)Sc2cc(C(C)(C)C)ccc2B4c2cc4c(cc2O3)B2c3ccc(C(C)(C)C)cc3N(c3cc(C(C)(C)C)cc(C(C)(C)C)c3)c3cc(N(c5cc(-c6cc(C(C)(C)C)cc(C(C)(C)C)c6)cc(C(C)(C)C)c5)c5cc(C(C)(C)C)cc(C(C)(C)C)c5)cc(c32)N4c2cc(C(C)(C)C)cc(C(C)(C)C)c2)c1. The third-order valence-electron chi connectivity index (χ3n) is 32.6. The van der Waals surface area contributed by atoms with Gasteiger partial charge in [0.1, 0.15) is 11.5 Å². The third kappa shape index (κ3) is 21.7. The van der Waals surface area contributed by atoms with Gasteiger partial charge in [0.25, 0.3) is 13.4 Å². The number of anilines is 12. The van der Waals surface area contributed by atoms with Crippen LogP contribution in [-0.2, 0) is 86.6 Å². The molecule has 150 heavy (non-hydrogen) atoms. The lowest BCUT2D eigenvalue weighted by Crippen LogP contribution is -2.63. The molecule has 0 radical (unpaired) electrons. The van der Waals surface area contributed by atoms with E-state index in [1.54, 1.807) is 0 Å². The smallest absolute Gasteiger partial charge is 0.253 e. The average molecular weight is 2010 g/mol. The van der Waals surface area contributed by atoms with Crippen molar-refractivity contribution in [3.8, 4) is 33.8 Å². The minimum absolute atomic E-state index is 0.101. The van der Waals surface area contributed by atoms with Gasteiger partial charge in [0.2, 0.25) is 0 Å². The highest BCUT2D eigenvalue weighted by Crippen LogP contribution is 2.57. The minimum atomic E-state index is -0.347. The summed E-state index contributed by atoms with van der Waals surface area (Å²) in [4.78, 5) is 13.3. The van der Waals surface area contributed by atoms with Crippen molar-refractivity contribution in [2.45, 2.75) is 429 Å². The maximum atomic E-state index is 8.45. The molecule has 0 aliphatic carbocycles. The fraction of sp³-hybridized carbons (Fsp3) is 0.451. The largest absolute Gasteiger partial charge is 0.458 e. The van der Waals surface area contributed by atoms with E-state index in [9.17, 15) is 0 Å². The molecule has 4 heterocycles. The number of rotatable bonds is 10. The highest BCUT2D eigenvalue weighted by molar-refractivity contribution is 8.00. The Balaban J connectivity index is 1.05. The fourth-order valence-corrected chi connectivity index (χ4v) is 23.3. The molecular formula is C142H180B2N4OS. The van der Waals surface area contributed by atoms with Crippen molar-refractivity contribution in [2.24, 2.45) is 0 Å². The zero-order chi connectivity index (χ0) is 111. The predicted octanol–water partition coefficient (Wildman–Crippen LogP) is 37.9. The Morgan fingerprint density at radius 3 is 0.740 bits per heavy atom. The van der Waals surface area contributed by atoms with E-state index in [2.05, 4.69) is 570 Å². The molecule has 13 aromatic rings. The van der Waals surface area contributed by atoms with E-state index in [1.165, 1.54) is 154 Å². The van der Waals surface area contributed by atoms with E-state index >= 15 is 0 Å². The van der Waals surface area contributed by atoms with E-state index < -0.39 is 0 Å². The summed E-state index contributed by atoms with van der Waals surface area (Å²) < 4.78 is 8.45. The summed E-state index contributed by atoms with van der Waals surface area (Å²) in [5.41, 5.74) is 43.0. The first-order chi connectivity index (χ1) is 68.3. The molecule has 0 saturated heterocycles. The van der Waals surface area contributed by atoms with E-state index in [4.69, 9.17) is 4.74 Å². The normalized spacial score (nSPS) is 14.5. The number of fused-ring (bicyclic) bond motifs is 8. The average Bonchev–Trinajstić information content (AvgIpc) is 0.681. The summed E-state index contributed by atoms with van der Waals surface area (Å²) in [6, 6.07) is 91.3. The number of benzene rings is 13. The zero-order valence-corrected chi connectivity index (χ0v) is 102. The quantitative estimate of drug-likeness (QED) is 0.126. The molecule has 4 aliphatic rings. The van der Waals surface area contributed by atoms with Crippen molar-refractivity contribution < 1.29 is 4.74 Å². The highest BCUT2D eigenvalue weighted by Gasteiger charge is 2.50. The molecule has 5 nitrogen and oxygen atoms in total. The number of ether oxygens (including phenoxy) is 1. The van der Waals surface area contributed by atoms with Crippen LogP contribution < -0.4 is 57.1 Å². The van der Waals surface area contributed by atoms with Crippen LogP contribution in [-0.4, -0.2) is 13.4 Å². The van der Waals surface area contributed by atoms with Crippen molar-refractivity contribution in [2.75, 3.05) is 19.6 Å². The molecule has 4 aliphatic heterocycles. The van der Waals surface area contributed by atoms with Gasteiger partial charge in [-0.05, 0) is 340 Å². The van der Waals surface area contributed by atoms with E-state index in [0.717, 1.165) is 79.5 Å². The van der Waals surface area contributed by atoms with Gasteiger partial charge in [0.15, 0.2) is 0 Å². The van der Waals surface area contributed by atoms with Crippen LogP contribution in [0, 0.1) is 0 Å². The van der Waals surface area contributed by atoms with Crippen molar-refractivity contribution in [3.05, 3.63) is 307 Å². The second-order valence-corrected chi connectivity index (χ2v) is 62.9. The van der Waals surface area contributed by atoms with Gasteiger partial charge in [-0.2, -0.15) is 0 Å². The predicted molar refractivity (Wildman–Crippen MR) is 662 cm³/mol. The Morgan fingerprint density at radius 2 is 0.427 bits per heavy atom. The zero-order valence-electron chi connectivity index (χ0n) is 102. The maximum absolute atomic E-state index is 8.45. The minimum Gasteiger partial charge on any atom is -0.458 e. The molecule has 0 bridgehead atoms. The van der Waals surface area contributed by atoms with E-state index in [1.807, 2.05) is 11.8 Å². The lowest BCUT2D eigenvalue weighted by molar-refractivity contribution is 0.487. The topological polar surface area (TPSA) is 22.2 Å². The van der Waals surface area contributed by atoms with E-state index in [0.29, 0.717) is 0 Å². The second-order valence-electron chi connectivity index (χ2n) is 61.8. The lowest BCUT2D eigenvalue weighted by Gasteiger charge is -2.46. The van der Waals surface area contributed by atoms with Crippen molar-refractivity contribution in [1.82, 2.24) is 0 Å². The van der Waals surface area contributed by atoms with Crippen molar-refractivity contribution >= 4 is 126 Å². The first-order valence-electron chi connectivity index (χ1n) is 56.0. The number of hydrogen-bond acceptors (Lipinski definition) is 6. The van der Waals surface area contributed by atoms with Gasteiger partial charge < -0.3 is 24.3 Å². The van der Waals surface area contributed by atoms with Gasteiger partial charge in [-0.25, -0.2) is 0 Å². The molecule has 0 atom stereocenters. The molecule has 0 N–H and O–H groups in total. The molecule has 786 valence electrons. The molecule has 0 fully saturated rings. The molecule has 0 saturated carbocycles. The first-order valence-corrected chi connectivity index (χ1v) is 56.8. The Bertz CT molecular complexity index is 7340. The van der Waals surface area contributed by atoms with Crippen LogP contribution in [0.2, 0.25) is 0 Å². The van der Waals surface area contributed by atoms with Crippen LogP contribution in [0.4, 0.5) is 68.2 Å². The third-order valence-corrected chi connectivity index (χ3v) is 33.7. The molecular weight excluding hydrogens is 1830 g/mol. The van der Waals surface area contributed by atoms with Gasteiger partial charge in [0.05, 0.1) is 11.4 Å². The van der Waals surface area contributed by atoms with Gasteiger partial charge in [-0.1, -0.05) is 447 Å². The van der Waals surface area contributed by atoms with Gasteiger partial charge >= 0.3 is 0 Å². The standard InChI is InChI=1S/C142H180B2N4OS/c1-127(2,3)89-49-51-113-117(77-89)147(109-73-101(139(37,38)39)65-102(74-109)140(40,41)42)119-79-111(145(107-69-97(135(25,26)27)63-98(70-107)136(28,29)30)105-59-87(57-95(67-105)133(19,20)21)85-53-91(129(7,8)9)61-92(54-85)130(10,11)12)80-120-125(119)143(113)115-84-121-116(83-118(115)148(120)110-75-103(141(43,44)45)66-104(76-110)142(46,47)48)144-114-52-50-90(128(4,5)6)78-123(114)150-124-82-112(81-122(149-121)126(124)144)146(108-71-99(137(31,32)33)64-100(72-108)138(34,35)36)106-60-88(58-96(68-106)134(22,23)24)86-55-93(131(13,14)15)62-94(56-86)132(16,17)18/h49-84H,1-48H3. The van der Waals surface area contributed by atoms with Crippen LogP contribution in [0.25, 0.3) is 22.3 Å². The first kappa shape index (κ1) is 111. The highest BCUT2D eigenvalue weighted by atomic mass is 32.2. The molecule has 0 amide bonds. The Hall–Kier alpha value is -10.7. The Morgan fingerprint density at radius 1 is 0.180 bits per heavy atom. The monoisotopic (exact) mass is 2010 g/mol. The molecule has 0 aromatic heterocycles. The van der Waals surface area contributed by atoms with Crippen LogP contribution in [0.15, 0.2) is 228 Å². The van der Waals surface area contributed by atoms with Gasteiger partial charge in [-0.3, -0.25) is 0 Å². The molecule has 0 spiro atoms. The summed E-state index contributed by atoms with van der Waals surface area (Å²) in [5.74, 6) is 1.74. The summed E-state index contributed by atoms with van der Waals surface area (Å²) in [6.07, 6.45) is 0. The van der Waals surface area contributed by atoms with Crippen LogP contribution in [0.5, 0.6) is 11.5 Å². The lowest BCUT2D eigenvalue weighted by atomic mass is 9.32. The van der Waals surface area contributed by atoms with E-state index in [-0.39, 0.29) is 100 Å². The maximum Gasteiger partial charge on any atom is 0.253 e. The second kappa shape index (κ2) is 36.5. The summed E-state index contributed by atoms with van der Waals surface area (Å²) in [5, 5.41) is 0. The fourth-order valence-electron chi connectivity index (χ4n) is 22.0. The Labute approximate surface area is 913 Å². The van der Waals surface area contributed by atoms with Crippen molar-refractivity contribution in [3.63, 3.8) is 0 Å². The summed E-state index contributed by atoms with van der Waals surface area (Å²) in [6.45, 7) is 114. The molecule has 17 rings (SSSR count). The number of nitrogens with zero attached hydrogens (tertiary/aromatic N) is 4. The molecule has 0 unspecified atom stereocenters. The Kier molecular flexibility index (Phi) is 26.9. The van der Waals surface area contributed by atoms with Gasteiger partial charge in [-0.15, -0.1) is 0 Å². The van der Waals surface area contributed by atoms with Crippen LogP contribution in [0.1, 0.15) is 421 Å². The van der Waals surface area contributed by atoms with Gasteiger partial charge in [0, 0.05) is 72.7 Å². The molecule has 13 aromatic carbocycles.